The molecule has 148 valence electrons. The molecule has 0 aliphatic carbocycles. The number of sulfonamides is 1. The van der Waals surface area contributed by atoms with Crippen LogP contribution < -0.4 is 10.2 Å². The van der Waals surface area contributed by atoms with Crippen LogP contribution >= 0.6 is 0 Å². The number of fused-ring (bicyclic) bond motifs is 1. The van der Waals surface area contributed by atoms with Gasteiger partial charge in [0.05, 0.1) is 6.54 Å². The molecule has 0 fully saturated rings. The standard InChI is InChI=1S/C20H24N4O3S/c1-4-24(5-2)16-12-10-15(11-13-16)21-19(25)14-23(3)20-17-8-6-7-9-18(17)28(26,27)22-20/h6-13H,4-5,14H2,1-3H3,(H,21,25). The molecule has 1 aliphatic rings. The number of anilines is 2. The lowest BCUT2D eigenvalue weighted by atomic mass is 10.2. The highest BCUT2D eigenvalue weighted by Gasteiger charge is 2.30. The summed E-state index contributed by atoms with van der Waals surface area (Å²) in [4.78, 5) is 16.3. The number of amides is 1. The maximum atomic E-state index is 12.4. The molecule has 0 radical (unpaired) electrons. The molecule has 1 N–H and O–H groups in total. The molecule has 7 nitrogen and oxygen atoms in total. The van der Waals surface area contributed by atoms with Crippen molar-refractivity contribution in [2.24, 2.45) is 4.40 Å². The van der Waals surface area contributed by atoms with E-state index in [0.717, 1.165) is 18.8 Å². The summed E-state index contributed by atoms with van der Waals surface area (Å²) in [5, 5.41) is 2.84. The molecule has 0 spiro atoms. The Morgan fingerprint density at radius 1 is 1.04 bits per heavy atom. The number of nitrogens with zero attached hydrogens (tertiary/aromatic N) is 3. The number of amidine groups is 1. The van der Waals surface area contributed by atoms with Gasteiger partial charge in [0.1, 0.15) is 4.90 Å². The van der Waals surface area contributed by atoms with E-state index in [-0.39, 0.29) is 23.2 Å². The lowest BCUT2D eigenvalue weighted by Gasteiger charge is -2.21. The topological polar surface area (TPSA) is 82.1 Å². The molecule has 2 aromatic rings. The van der Waals surface area contributed by atoms with Gasteiger partial charge in [-0.25, -0.2) is 0 Å². The molecule has 1 heterocycles. The Morgan fingerprint density at radius 2 is 1.68 bits per heavy atom. The van der Waals surface area contributed by atoms with Crippen LogP contribution in [0.5, 0.6) is 0 Å². The zero-order valence-corrected chi connectivity index (χ0v) is 17.0. The predicted molar refractivity (Wildman–Crippen MR) is 111 cm³/mol. The second kappa shape index (κ2) is 8.02. The molecule has 0 aromatic heterocycles. The predicted octanol–water partition coefficient (Wildman–Crippen LogP) is 2.55. The Hall–Kier alpha value is -2.87. The van der Waals surface area contributed by atoms with Gasteiger partial charge >= 0.3 is 0 Å². The summed E-state index contributed by atoms with van der Waals surface area (Å²) in [5.41, 5.74) is 2.30. The Morgan fingerprint density at radius 3 is 2.32 bits per heavy atom. The van der Waals surface area contributed by atoms with Gasteiger partial charge < -0.3 is 15.1 Å². The van der Waals surface area contributed by atoms with Crippen LogP contribution in [0.2, 0.25) is 0 Å². The third-order valence-corrected chi connectivity index (χ3v) is 5.96. The van der Waals surface area contributed by atoms with E-state index < -0.39 is 10.0 Å². The molecule has 0 atom stereocenters. The van der Waals surface area contributed by atoms with Crippen LogP contribution in [0.4, 0.5) is 11.4 Å². The fourth-order valence-electron chi connectivity index (χ4n) is 3.20. The van der Waals surface area contributed by atoms with Crippen molar-refractivity contribution in [3.05, 3.63) is 54.1 Å². The third-order valence-electron chi connectivity index (χ3n) is 4.63. The van der Waals surface area contributed by atoms with Crippen LogP contribution in [0, 0.1) is 0 Å². The Kier molecular flexibility index (Phi) is 5.69. The maximum absolute atomic E-state index is 12.4. The number of rotatable bonds is 6. The first-order chi connectivity index (χ1) is 13.4. The van der Waals surface area contributed by atoms with Crippen LogP contribution in [0.25, 0.3) is 0 Å². The molecule has 2 aromatic carbocycles. The first kappa shape index (κ1) is 19.9. The van der Waals surface area contributed by atoms with Gasteiger partial charge in [-0.3, -0.25) is 4.79 Å². The molecule has 8 heteroatoms. The van der Waals surface area contributed by atoms with Crippen molar-refractivity contribution >= 4 is 33.1 Å². The van der Waals surface area contributed by atoms with E-state index >= 15 is 0 Å². The van der Waals surface area contributed by atoms with Gasteiger partial charge in [0, 0.05) is 37.1 Å². The summed E-state index contributed by atoms with van der Waals surface area (Å²) in [6.07, 6.45) is 0. The lowest BCUT2D eigenvalue weighted by molar-refractivity contribution is -0.116. The van der Waals surface area contributed by atoms with Crippen molar-refractivity contribution in [1.82, 2.24) is 4.90 Å². The van der Waals surface area contributed by atoms with Crippen molar-refractivity contribution in [3.63, 3.8) is 0 Å². The van der Waals surface area contributed by atoms with E-state index in [0.29, 0.717) is 11.3 Å². The second-order valence-electron chi connectivity index (χ2n) is 6.51. The number of carbonyl (C=O) groups is 1. The van der Waals surface area contributed by atoms with Crippen LogP contribution in [0.3, 0.4) is 0 Å². The number of hydrogen-bond donors (Lipinski definition) is 1. The zero-order valence-electron chi connectivity index (χ0n) is 16.2. The van der Waals surface area contributed by atoms with E-state index in [1.165, 1.54) is 6.07 Å². The quantitative estimate of drug-likeness (QED) is 0.806. The lowest BCUT2D eigenvalue weighted by Crippen LogP contribution is -2.34. The second-order valence-corrected chi connectivity index (χ2v) is 8.08. The van der Waals surface area contributed by atoms with Gasteiger partial charge in [0.2, 0.25) is 5.91 Å². The summed E-state index contributed by atoms with van der Waals surface area (Å²) >= 11 is 0. The van der Waals surface area contributed by atoms with E-state index in [9.17, 15) is 13.2 Å². The summed E-state index contributed by atoms with van der Waals surface area (Å²) in [5.74, 6) is 0.0326. The van der Waals surface area contributed by atoms with Gasteiger partial charge in [0.25, 0.3) is 10.0 Å². The van der Waals surface area contributed by atoms with Crippen molar-refractivity contribution in [2.45, 2.75) is 18.7 Å². The first-order valence-electron chi connectivity index (χ1n) is 9.16. The highest BCUT2D eigenvalue weighted by atomic mass is 32.2. The van der Waals surface area contributed by atoms with Crippen molar-refractivity contribution < 1.29 is 13.2 Å². The molecular formula is C20H24N4O3S. The minimum atomic E-state index is -3.70. The van der Waals surface area contributed by atoms with Gasteiger partial charge in [-0.05, 0) is 50.2 Å². The Bertz CT molecular complexity index is 996. The number of carbonyl (C=O) groups excluding carboxylic acids is 1. The maximum Gasteiger partial charge on any atom is 0.285 e. The van der Waals surface area contributed by atoms with Crippen molar-refractivity contribution in [3.8, 4) is 0 Å². The highest BCUT2D eigenvalue weighted by Crippen LogP contribution is 2.27. The zero-order chi connectivity index (χ0) is 20.3. The van der Waals surface area contributed by atoms with E-state index in [4.69, 9.17) is 0 Å². The molecule has 0 saturated carbocycles. The average Bonchev–Trinajstić information content (AvgIpc) is 2.96. The normalized spacial score (nSPS) is 14.2. The number of hydrogen-bond acceptors (Lipinski definition) is 5. The summed E-state index contributed by atoms with van der Waals surface area (Å²) < 4.78 is 28.2. The van der Waals surface area contributed by atoms with Gasteiger partial charge in [-0.2, -0.15) is 8.42 Å². The molecule has 0 saturated heterocycles. The van der Waals surface area contributed by atoms with Crippen molar-refractivity contribution in [1.29, 1.82) is 0 Å². The summed E-state index contributed by atoms with van der Waals surface area (Å²) in [6.45, 7) is 6.01. The number of likely N-dealkylation sites (N-methyl/N-ethyl adjacent to an activating group) is 1. The minimum absolute atomic E-state index is 0.0134. The SMILES string of the molecule is CCN(CC)c1ccc(NC(=O)CN(C)C2=NS(=O)(=O)c3ccccc32)cc1. The molecule has 0 bridgehead atoms. The molecule has 1 amide bonds. The van der Waals surface area contributed by atoms with Crippen LogP contribution in [0.1, 0.15) is 19.4 Å². The first-order valence-corrected chi connectivity index (χ1v) is 10.6. The van der Waals surface area contributed by atoms with E-state index in [2.05, 4.69) is 28.5 Å². The third kappa shape index (κ3) is 4.01. The summed E-state index contributed by atoms with van der Waals surface area (Å²) in [6, 6.07) is 14.3. The van der Waals surface area contributed by atoms with Crippen LogP contribution in [-0.4, -0.2) is 51.7 Å². The van der Waals surface area contributed by atoms with Crippen molar-refractivity contribution in [2.75, 3.05) is 36.9 Å². The monoisotopic (exact) mass is 400 g/mol. The van der Waals surface area contributed by atoms with Gasteiger partial charge in [-0.15, -0.1) is 4.40 Å². The van der Waals surface area contributed by atoms with Gasteiger partial charge in [-0.1, -0.05) is 12.1 Å². The minimum Gasteiger partial charge on any atom is -0.372 e. The molecule has 28 heavy (non-hydrogen) atoms. The molecular weight excluding hydrogens is 376 g/mol. The van der Waals surface area contributed by atoms with Crippen LogP contribution in [0.15, 0.2) is 57.8 Å². The van der Waals surface area contributed by atoms with E-state index in [1.807, 2.05) is 24.3 Å². The molecule has 1 aliphatic heterocycles. The average molecular weight is 401 g/mol. The van der Waals surface area contributed by atoms with E-state index in [1.54, 1.807) is 30.1 Å². The fourth-order valence-corrected chi connectivity index (χ4v) is 4.45. The van der Waals surface area contributed by atoms with Crippen LogP contribution in [-0.2, 0) is 14.8 Å². The Labute approximate surface area is 165 Å². The fraction of sp³-hybridized carbons (Fsp3) is 0.300. The van der Waals surface area contributed by atoms with Gasteiger partial charge in [0.15, 0.2) is 5.84 Å². The molecule has 3 rings (SSSR count). The summed E-state index contributed by atoms with van der Waals surface area (Å²) in [7, 11) is -2.05. The number of nitrogens with one attached hydrogen (secondary N) is 1. The highest BCUT2D eigenvalue weighted by molar-refractivity contribution is 7.90. The number of benzene rings is 2. The largest absolute Gasteiger partial charge is 0.372 e. The molecule has 0 unspecified atom stereocenters. The smallest absolute Gasteiger partial charge is 0.285 e. The Balaban J connectivity index is 1.67.